The van der Waals surface area contributed by atoms with Gasteiger partial charge in [0.15, 0.2) is 5.58 Å². The van der Waals surface area contributed by atoms with Gasteiger partial charge in [-0.2, -0.15) is 0 Å². The third-order valence-electron chi connectivity index (χ3n) is 4.14. The second-order valence-electron chi connectivity index (χ2n) is 5.82. The van der Waals surface area contributed by atoms with Crippen LogP contribution in [-0.4, -0.2) is 60.5 Å². The van der Waals surface area contributed by atoms with E-state index in [0.717, 1.165) is 0 Å². The molecule has 0 atom stereocenters. The number of aromatic nitrogens is 1. The molecule has 0 aliphatic carbocycles. The molecule has 1 fully saturated rings. The predicted molar refractivity (Wildman–Crippen MR) is 88.1 cm³/mol. The van der Waals surface area contributed by atoms with E-state index in [1.807, 2.05) is 0 Å². The van der Waals surface area contributed by atoms with Crippen LogP contribution in [0.2, 0.25) is 0 Å². The summed E-state index contributed by atoms with van der Waals surface area (Å²) in [6.07, 6.45) is 1.74. The molecular weight excluding hydrogens is 334 g/mol. The standard InChI is InChI=1S/C15H19N3O5S/c1-24(21,22)17-8-4-7-16(9-10-17)14(19)11-18-12-5-2-3-6-13(12)23-15(18)20/h2-3,5-6H,4,7-11H2,1H3. The average Bonchev–Trinajstić information content (AvgIpc) is 2.71. The minimum absolute atomic E-state index is 0.116. The molecule has 1 aromatic heterocycles. The smallest absolute Gasteiger partial charge is 0.408 e. The zero-order chi connectivity index (χ0) is 17.3. The Balaban J connectivity index is 1.75. The summed E-state index contributed by atoms with van der Waals surface area (Å²) in [5, 5.41) is 0. The Hall–Kier alpha value is -2.13. The van der Waals surface area contributed by atoms with Crippen LogP contribution in [0.15, 0.2) is 33.5 Å². The first-order valence-corrected chi connectivity index (χ1v) is 9.52. The van der Waals surface area contributed by atoms with Crippen molar-refractivity contribution in [3.63, 3.8) is 0 Å². The molecule has 2 aromatic rings. The number of oxazole rings is 1. The van der Waals surface area contributed by atoms with Crippen molar-refractivity contribution in [2.75, 3.05) is 32.4 Å². The number of para-hydroxylation sites is 2. The van der Waals surface area contributed by atoms with Crippen LogP contribution in [0, 0.1) is 0 Å². The number of carbonyl (C=O) groups is 1. The fraction of sp³-hybridized carbons (Fsp3) is 0.467. The molecule has 0 N–H and O–H groups in total. The van der Waals surface area contributed by atoms with Crippen LogP contribution >= 0.6 is 0 Å². The number of fused-ring (bicyclic) bond motifs is 1. The van der Waals surface area contributed by atoms with Gasteiger partial charge in [0.25, 0.3) is 0 Å². The van der Waals surface area contributed by atoms with Crippen LogP contribution in [0.5, 0.6) is 0 Å². The SMILES string of the molecule is CS(=O)(=O)N1CCCN(C(=O)Cn2c(=O)oc3ccccc32)CC1. The van der Waals surface area contributed by atoms with Gasteiger partial charge < -0.3 is 9.32 Å². The summed E-state index contributed by atoms with van der Waals surface area (Å²) >= 11 is 0. The van der Waals surface area contributed by atoms with E-state index in [4.69, 9.17) is 4.42 Å². The molecule has 1 saturated heterocycles. The number of rotatable bonds is 3. The lowest BCUT2D eigenvalue weighted by atomic mass is 10.3. The highest BCUT2D eigenvalue weighted by molar-refractivity contribution is 7.88. The molecule has 1 aliphatic rings. The van der Waals surface area contributed by atoms with Crippen molar-refractivity contribution in [1.29, 1.82) is 0 Å². The Bertz CT molecular complexity index is 915. The van der Waals surface area contributed by atoms with E-state index < -0.39 is 15.8 Å². The molecule has 3 rings (SSSR count). The molecular formula is C15H19N3O5S. The van der Waals surface area contributed by atoms with Gasteiger partial charge >= 0.3 is 5.76 Å². The van der Waals surface area contributed by atoms with E-state index >= 15 is 0 Å². The van der Waals surface area contributed by atoms with Crippen LogP contribution in [0.1, 0.15) is 6.42 Å². The van der Waals surface area contributed by atoms with Crippen molar-refractivity contribution < 1.29 is 17.6 Å². The van der Waals surface area contributed by atoms with E-state index in [9.17, 15) is 18.0 Å². The average molecular weight is 353 g/mol. The van der Waals surface area contributed by atoms with Gasteiger partial charge in [-0.15, -0.1) is 0 Å². The topological polar surface area (TPSA) is 92.8 Å². The van der Waals surface area contributed by atoms with Crippen molar-refractivity contribution in [2.24, 2.45) is 0 Å². The lowest BCUT2D eigenvalue weighted by molar-refractivity contribution is -0.131. The fourth-order valence-electron chi connectivity index (χ4n) is 2.87. The minimum atomic E-state index is -3.26. The van der Waals surface area contributed by atoms with Crippen LogP contribution in [-0.2, 0) is 21.4 Å². The Morgan fingerprint density at radius 3 is 2.67 bits per heavy atom. The number of amides is 1. The van der Waals surface area contributed by atoms with Crippen LogP contribution in [0.25, 0.3) is 11.1 Å². The summed E-state index contributed by atoms with van der Waals surface area (Å²) in [6.45, 7) is 1.34. The zero-order valence-corrected chi connectivity index (χ0v) is 14.2. The normalized spacial score (nSPS) is 17.1. The van der Waals surface area contributed by atoms with E-state index in [0.29, 0.717) is 37.2 Å². The highest BCUT2D eigenvalue weighted by Gasteiger charge is 2.24. The number of nitrogens with zero attached hydrogens (tertiary/aromatic N) is 3. The van der Waals surface area contributed by atoms with Gasteiger partial charge in [0.1, 0.15) is 6.54 Å². The number of benzene rings is 1. The van der Waals surface area contributed by atoms with E-state index in [2.05, 4.69) is 0 Å². The van der Waals surface area contributed by atoms with Crippen molar-refractivity contribution in [3.05, 3.63) is 34.8 Å². The highest BCUT2D eigenvalue weighted by atomic mass is 32.2. The molecule has 1 amide bonds. The summed E-state index contributed by atoms with van der Waals surface area (Å²) in [5.41, 5.74) is 1.01. The van der Waals surface area contributed by atoms with Crippen molar-refractivity contribution in [1.82, 2.24) is 13.8 Å². The molecule has 0 unspecified atom stereocenters. The first kappa shape index (κ1) is 16.7. The molecule has 9 heteroatoms. The van der Waals surface area contributed by atoms with Gasteiger partial charge in [0, 0.05) is 26.2 Å². The first-order chi connectivity index (χ1) is 11.4. The van der Waals surface area contributed by atoms with Gasteiger partial charge in [-0.3, -0.25) is 9.36 Å². The van der Waals surface area contributed by atoms with Crippen LogP contribution in [0.4, 0.5) is 0 Å². The molecule has 2 heterocycles. The Morgan fingerprint density at radius 1 is 1.17 bits per heavy atom. The minimum Gasteiger partial charge on any atom is -0.408 e. The Morgan fingerprint density at radius 2 is 1.92 bits per heavy atom. The molecule has 130 valence electrons. The van der Waals surface area contributed by atoms with Gasteiger partial charge in [0.05, 0.1) is 11.8 Å². The van der Waals surface area contributed by atoms with E-state index in [1.165, 1.54) is 15.1 Å². The maximum atomic E-state index is 12.5. The highest BCUT2D eigenvalue weighted by Crippen LogP contribution is 2.13. The van der Waals surface area contributed by atoms with Crippen molar-refractivity contribution in [3.8, 4) is 0 Å². The summed E-state index contributed by atoms with van der Waals surface area (Å²) in [7, 11) is -3.26. The lowest BCUT2D eigenvalue weighted by Crippen LogP contribution is -2.39. The fourth-order valence-corrected chi connectivity index (χ4v) is 3.75. The third-order valence-corrected chi connectivity index (χ3v) is 5.45. The number of sulfonamides is 1. The van der Waals surface area contributed by atoms with E-state index in [1.54, 1.807) is 29.2 Å². The van der Waals surface area contributed by atoms with Gasteiger partial charge in [-0.05, 0) is 18.6 Å². The summed E-state index contributed by atoms with van der Waals surface area (Å²) < 4.78 is 31.1. The summed E-state index contributed by atoms with van der Waals surface area (Å²) in [5.74, 6) is -0.795. The Kier molecular flexibility index (Phi) is 4.46. The van der Waals surface area contributed by atoms with Crippen LogP contribution in [0.3, 0.4) is 0 Å². The molecule has 1 aromatic carbocycles. The molecule has 24 heavy (non-hydrogen) atoms. The second kappa shape index (κ2) is 6.40. The maximum Gasteiger partial charge on any atom is 0.420 e. The summed E-state index contributed by atoms with van der Waals surface area (Å²) in [6, 6.07) is 6.93. The molecule has 0 bridgehead atoms. The lowest BCUT2D eigenvalue weighted by Gasteiger charge is -2.21. The molecule has 0 saturated carbocycles. The summed E-state index contributed by atoms with van der Waals surface area (Å²) in [4.78, 5) is 26.1. The third kappa shape index (κ3) is 3.36. The largest absolute Gasteiger partial charge is 0.420 e. The Labute approximate surface area is 139 Å². The van der Waals surface area contributed by atoms with Crippen molar-refractivity contribution in [2.45, 2.75) is 13.0 Å². The van der Waals surface area contributed by atoms with E-state index in [-0.39, 0.29) is 19.0 Å². The molecule has 0 radical (unpaired) electrons. The predicted octanol–water partition coefficient (Wildman–Crippen LogP) is 0.0884. The number of hydrogen-bond acceptors (Lipinski definition) is 5. The zero-order valence-electron chi connectivity index (χ0n) is 13.3. The maximum absolute atomic E-state index is 12.5. The van der Waals surface area contributed by atoms with Gasteiger partial charge in [-0.25, -0.2) is 17.5 Å². The van der Waals surface area contributed by atoms with Crippen molar-refractivity contribution >= 4 is 27.0 Å². The quantitative estimate of drug-likeness (QED) is 0.780. The van der Waals surface area contributed by atoms with Gasteiger partial charge in [0.2, 0.25) is 15.9 Å². The molecule has 1 aliphatic heterocycles. The monoisotopic (exact) mass is 353 g/mol. The molecule has 0 spiro atoms. The number of hydrogen-bond donors (Lipinski definition) is 0. The first-order valence-electron chi connectivity index (χ1n) is 7.67. The number of carbonyl (C=O) groups excluding carboxylic acids is 1. The van der Waals surface area contributed by atoms with Crippen LogP contribution < -0.4 is 5.76 Å². The molecule has 8 nitrogen and oxygen atoms in total. The van der Waals surface area contributed by atoms with Gasteiger partial charge in [-0.1, -0.05) is 12.1 Å². The second-order valence-corrected chi connectivity index (χ2v) is 7.80.